The van der Waals surface area contributed by atoms with Crippen molar-refractivity contribution in [3.63, 3.8) is 0 Å². The van der Waals surface area contributed by atoms with Gasteiger partial charge in [-0.25, -0.2) is 0 Å². The van der Waals surface area contributed by atoms with Crippen LogP contribution in [0, 0.1) is 17.8 Å². The summed E-state index contributed by atoms with van der Waals surface area (Å²) in [6.07, 6.45) is 8.48. The van der Waals surface area contributed by atoms with Crippen LogP contribution >= 0.6 is 0 Å². The van der Waals surface area contributed by atoms with Gasteiger partial charge in [0.1, 0.15) is 5.78 Å². The normalized spacial score (nSPS) is 20.5. The molecule has 1 atom stereocenters. The molecular weight excluding hydrogens is 184 g/mol. The summed E-state index contributed by atoms with van der Waals surface area (Å²) in [6.45, 7) is 6.53. The molecule has 0 saturated heterocycles. The Morgan fingerprint density at radius 3 is 2.20 bits per heavy atom. The molecule has 88 valence electrons. The monoisotopic (exact) mass is 210 g/mol. The first kappa shape index (κ1) is 12.7. The van der Waals surface area contributed by atoms with E-state index in [2.05, 4.69) is 20.8 Å². The molecule has 0 radical (unpaired) electrons. The summed E-state index contributed by atoms with van der Waals surface area (Å²) < 4.78 is 0. The van der Waals surface area contributed by atoms with Crippen LogP contribution in [0.3, 0.4) is 0 Å². The van der Waals surface area contributed by atoms with Crippen molar-refractivity contribution in [2.75, 3.05) is 0 Å². The van der Waals surface area contributed by atoms with Gasteiger partial charge in [-0.1, -0.05) is 52.9 Å². The zero-order valence-electron chi connectivity index (χ0n) is 10.6. The van der Waals surface area contributed by atoms with E-state index in [9.17, 15) is 4.79 Å². The lowest BCUT2D eigenvalue weighted by molar-refractivity contribution is -0.121. The number of carbonyl (C=O) groups is 1. The Morgan fingerprint density at radius 2 is 1.67 bits per heavy atom. The van der Waals surface area contributed by atoms with Crippen molar-refractivity contribution in [1.29, 1.82) is 0 Å². The molecule has 0 amide bonds. The van der Waals surface area contributed by atoms with Crippen LogP contribution < -0.4 is 0 Å². The minimum Gasteiger partial charge on any atom is -0.300 e. The molecule has 0 bridgehead atoms. The summed E-state index contributed by atoms with van der Waals surface area (Å²) in [5, 5.41) is 0. The van der Waals surface area contributed by atoms with Crippen LogP contribution in [0.4, 0.5) is 0 Å². The molecule has 1 aliphatic carbocycles. The average molecular weight is 210 g/mol. The summed E-state index contributed by atoms with van der Waals surface area (Å²) in [5.74, 6) is 2.45. The maximum atomic E-state index is 11.7. The molecule has 15 heavy (non-hydrogen) atoms. The highest BCUT2D eigenvalue weighted by Gasteiger charge is 2.22. The van der Waals surface area contributed by atoms with Gasteiger partial charge in [-0.2, -0.15) is 0 Å². The molecule has 1 fully saturated rings. The van der Waals surface area contributed by atoms with Crippen molar-refractivity contribution in [2.24, 2.45) is 17.8 Å². The third kappa shape index (κ3) is 4.81. The summed E-state index contributed by atoms with van der Waals surface area (Å²) >= 11 is 0. The van der Waals surface area contributed by atoms with Crippen molar-refractivity contribution < 1.29 is 4.79 Å². The van der Waals surface area contributed by atoms with Gasteiger partial charge in [0.15, 0.2) is 0 Å². The minimum absolute atomic E-state index is 0.475. The van der Waals surface area contributed by atoms with Crippen LogP contribution in [0.15, 0.2) is 0 Å². The predicted molar refractivity (Wildman–Crippen MR) is 64.8 cm³/mol. The van der Waals surface area contributed by atoms with Gasteiger partial charge in [0, 0.05) is 12.8 Å². The van der Waals surface area contributed by atoms with Crippen LogP contribution in [0.5, 0.6) is 0 Å². The molecule has 0 aromatic heterocycles. The number of hydrogen-bond donors (Lipinski definition) is 0. The van der Waals surface area contributed by atoms with Gasteiger partial charge in [-0.05, 0) is 17.8 Å². The number of hydrogen-bond acceptors (Lipinski definition) is 1. The molecule has 1 aliphatic rings. The third-order valence-electron chi connectivity index (χ3n) is 3.64. The zero-order valence-corrected chi connectivity index (χ0v) is 10.6. The second-order valence-electron chi connectivity index (χ2n) is 5.72. The van der Waals surface area contributed by atoms with Gasteiger partial charge in [0.25, 0.3) is 0 Å². The number of carbonyl (C=O) groups excluding carboxylic acids is 1. The Kier molecular flexibility index (Phi) is 5.35. The molecule has 0 spiro atoms. The highest BCUT2D eigenvalue weighted by atomic mass is 16.1. The summed E-state index contributed by atoms with van der Waals surface area (Å²) in [6, 6.07) is 0. The van der Waals surface area contributed by atoms with E-state index in [1.54, 1.807) is 0 Å². The maximum Gasteiger partial charge on any atom is 0.133 e. The predicted octanol–water partition coefficient (Wildman–Crippen LogP) is 4.21. The Morgan fingerprint density at radius 1 is 1.07 bits per heavy atom. The molecule has 0 aliphatic heterocycles. The highest BCUT2D eigenvalue weighted by Crippen LogP contribution is 2.31. The summed E-state index contributed by atoms with van der Waals surface area (Å²) in [4.78, 5) is 11.7. The first-order valence-corrected chi connectivity index (χ1v) is 6.61. The lowest BCUT2D eigenvalue weighted by atomic mass is 9.78. The first-order valence-electron chi connectivity index (χ1n) is 6.61. The van der Waals surface area contributed by atoms with E-state index in [1.807, 2.05) is 0 Å². The van der Waals surface area contributed by atoms with Crippen molar-refractivity contribution in [3.8, 4) is 0 Å². The van der Waals surface area contributed by atoms with Gasteiger partial charge in [-0.3, -0.25) is 4.79 Å². The van der Waals surface area contributed by atoms with E-state index in [-0.39, 0.29) is 0 Å². The molecule has 0 unspecified atom stereocenters. The maximum absolute atomic E-state index is 11.7. The van der Waals surface area contributed by atoms with E-state index in [0.29, 0.717) is 17.6 Å². The Balaban J connectivity index is 2.27. The van der Waals surface area contributed by atoms with Crippen LogP contribution in [-0.2, 0) is 4.79 Å². The van der Waals surface area contributed by atoms with Gasteiger partial charge in [0.05, 0.1) is 0 Å². The molecule has 0 aromatic rings. The molecule has 1 nitrogen and oxygen atoms in total. The number of ketones is 1. The van der Waals surface area contributed by atoms with E-state index >= 15 is 0 Å². The SMILES string of the molecule is CC(C)CC(=O)C[C@H](C)C1CCCCC1. The van der Waals surface area contributed by atoms with E-state index < -0.39 is 0 Å². The fraction of sp³-hybridized carbons (Fsp3) is 0.929. The van der Waals surface area contributed by atoms with Gasteiger partial charge >= 0.3 is 0 Å². The third-order valence-corrected chi connectivity index (χ3v) is 3.64. The van der Waals surface area contributed by atoms with Crippen LogP contribution in [-0.4, -0.2) is 5.78 Å². The van der Waals surface area contributed by atoms with Crippen molar-refractivity contribution in [1.82, 2.24) is 0 Å². The molecule has 0 N–H and O–H groups in total. The summed E-state index contributed by atoms with van der Waals surface area (Å²) in [7, 11) is 0. The quantitative estimate of drug-likeness (QED) is 0.664. The van der Waals surface area contributed by atoms with Gasteiger partial charge in [-0.15, -0.1) is 0 Å². The molecule has 1 heteroatoms. The largest absolute Gasteiger partial charge is 0.300 e. The fourth-order valence-electron chi connectivity index (χ4n) is 2.77. The standard InChI is InChI=1S/C14H26O/c1-11(2)9-14(15)10-12(3)13-7-5-4-6-8-13/h11-13H,4-10H2,1-3H3/t12-/m0/s1. The van der Waals surface area contributed by atoms with Crippen LogP contribution in [0.1, 0.15) is 65.7 Å². The number of Topliss-reactive ketones (excluding diaryl/α,β-unsaturated/α-hetero) is 1. The summed E-state index contributed by atoms with van der Waals surface area (Å²) in [5.41, 5.74) is 0. The Labute approximate surface area is 94.6 Å². The lowest BCUT2D eigenvalue weighted by Gasteiger charge is -2.27. The van der Waals surface area contributed by atoms with Gasteiger partial charge < -0.3 is 0 Å². The lowest BCUT2D eigenvalue weighted by Crippen LogP contribution is -2.19. The van der Waals surface area contributed by atoms with Crippen molar-refractivity contribution in [2.45, 2.75) is 65.7 Å². The highest BCUT2D eigenvalue weighted by molar-refractivity contribution is 5.78. The average Bonchev–Trinajstić information content (AvgIpc) is 2.17. The Hall–Kier alpha value is -0.330. The molecule has 0 aromatic carbocycles. The van der Waals surface area contributed by atoms with E-state index in [4.69, 9.17) is 0 Å². The Bertz CT molecular complexity index is 190. The fourth-order valence-corrected chi connectivity index (χ4v) is 2.77. The smallest absolute Gasteiger partial charge is 0.133 e. The van der Waals surface area contributed by atoms with Gasteiger partial charge in [0.2, 0.25) is 0 Å². The van der Waals surface area contributed by atoms with Crippen molar-refractivity contribution >= 4 is 5.78 Å². The topological polar surface area (TPSA) is 17.1 Å². The second-order valence-corrected chi connectivity index (χ2v) is 5.72. The van der Waals surface area contributed by atoms with Crippen LogP contribution in [0.25, 0.3) is 0 Å². The molecule has 1 saturated carbocycles. The number of rotatable bonds is 5. The molecule has 1 rings (SSSR count). The zero-order chi connectivity index (χ0) is 11.3. The first-order chi connectivity index (χ1) is 7.09. The van der Waals surface area contributed by atoms with E-state index in [0.717, 1.165) is 18.8 Å². The van der Waals surface area contributed by atoms with Crippen LogP contribution in [0.2, 0.25) is 0 Å². The molecule has 0 heterocycles. The van der Waals surface area contributed by atoms with E-state index in [1.165, 1.54) is 32.1 Å². The minimum atomic E-state index is 0.475. The van der Waals surface area contributed by atoms with Crippen molar-refractivity contribution in [3.05, 3.63) is 0 Å². The molecular formula is C14H26O. The second kappa shape index (κ2) is 6.30.